The maximum absolute atomic E-state index is 11.6. The molecule has 1 amide bonds. The van der Waals surface area contributed by atoms with Crippen molar-refractivity contribution in [2.75, 3.05) is 6.54 Å². The Labute approximate surface area is 106 Å². The predicted octanol–water partition coefficient (Wildman–Crippen LogP) is 1.46. The third-order valence-corrected chi connectivity index (χ3v) is 3.23. The number of aryl methyl sites for hydroxylation is 1. The molecule has 2 N–H and O–H groups in total. The number of carboxylic acids is 1. The van der Waals surface area contributed by atoms with Gasteiger partial charge in [-0.1, -0.05) is 30.3 Å². The molecule has 1 aliphatic rings. The highest BCUT2D eigenvalue weighted by Crippen LogP contribution is 2.38. The molecule has 1 aromatic carbocycles. The average molecular weight is 247 g/mol. The van der Waals surface area contributed by atoms with Gasteiger partial charge < -0.3 is 10.4 Å². The number of hydrogen-bond donors (Lipinski definition) is 2. The molecule has 0 saturated heterocycles. The fourth-order valence-electron chi connectivity index (χ4n) is 2.04. The van der Waals surface area contributed by atoms with Gasteiger partial charge in [0.25, 0.3) is 0 Å². The summed E-state index contributed by atoms with van der Waals surface area (Å²) in [6.45, 7) is 0.608. The highest BCUT2D eigenvalue weighted by molar-refractivity contribution is 5.89. The monoisotopic (exact) mass is 247 g/mol. The molecule has 2 rings (SSSR count). The van der Waals surface area contributed by atoms with Crippen LogP contribution in [0.5, 0.6) is 0 Å². The van der Waals surface area contributed by atoms with Crippen molar-refractivity contribution in [3.05, 3.63) is 35.9 Å². The fraction of sp³-hybridized carbons (Fsp3) is 0.429. The van der Waals surface area contributed by atoms with Gasteiger partial charge in [-0.2, -0.15) is 0 Å². The molecule has 1 fully saturated rings. The summed E-state index contributed by atoms with van der Waals surface area (Å²) >= 11 is 0. The second kappa shape index (κ2) is 5.67. The van der Waals surface area contributed by atoms with Gasteiger partial charge in [0.1, 0.15) is 0 Å². The maximum Gasteiger partial charge on any atom is 0.307 e. The average Bonchev–Trinajstić information content (AvgIpc) is 3.16. The van der Waals surface area contributed by atoms with Gasteiger partial charge in [0.15, 0.2) is 0 Å². The summed E-state index contributed by atoms with van der Waals surface area (Å²) in [5, 5.41) is 11.5. The van der Waals surface area contributed by atoms with Crippen LogP contribution in [0.2, 0.25) is 0 Å². The van der Waals surface area contributed by atoms with Crippen LogP contribution in [0.4, 0.5) is 0 Å². The van der Waals surface area contributed by atoms with Crippen molar-refractivity contribution in [2.24, 2.45) is 11.8 Å². The van der Waals surface area contributed by atoms with E-state index in [1.165, 1.54) is 5.56 Å². The normalized spacial score (nSPS) is 21.3. The molecule has 4 heteroatoms. The second-order valence-corrected chi connectivity index (χ2v) is 4.67. The van der Waals surface area contributed by atoms with Gasteiger partial charge in [0.05, 0.1) is 11.8 Å². The van der Waals surface area contributed by atoms with E-state index in [9.17, 15) is 9.59 Å². The van der Waals surface area contributed by atoms with Gasteiger partial charge in [0, 0.05) is 6.54 Å². The number of hydrogen-bond acceptors (Lipinski definition) is 2. The van der Waals surface area contributed by atoms with Gasteiger partial charge in [-0.15, -0.1) is 0 Å². The molecule has 0 heterocycles. The third kappa shape index (κ3) is 3.32. The van der Waals surface area contributed by atoms with E-state index in [1.54, 1.807) is 0 Å². The molecule has 2 atom stereocenters. The molecule has 0 radical (unpaired) electrons. The smallest absolute Gasteiger partial charge is 0.307 e. The standard InChI is InChI=1S/C14H17NO3/c16-13(11-9-12(11)14(17)18)15-8-4-7-10-5-2-1-3-6-10/h1-3,5-6,11-12H,4,7-9H2,(H,15,16)(H,17,18)/t11-,12-/m0/s1. The fourth-order valence-corrected chi connectivity index (χ4v) is 2.04. The number of aliphatic carboxylic acids is 1. The molecule has 0 aromatic heterocycles. The van der Waals surface area contributed by atoms with Crippen LogP contribution >= 0.6 is 0 Å². The van der Waals surface area contributed by atoms with Gasteiger partial charge in [-0.25, -0.2) is 0 Å². The van der Waals surface area contributed by atoms with Gasteiger partial charge in [-0.05, 0) is 24.8 Å². The molecule has 18 heavy (non-hydrogen) atoms. The van der Waals surface area contributed by atoms with E-state index in [0.29, 0.717) is 13.0 Å². The Hall–Kier alpha value is -1.84. The van der Waals surface area contributed by atoms with Gasteiger partial charge in [0.2, 0.25) is 5.91 Å². The van der Waals surface area contributed by atoms with Crippen molar-refractivity contribution in [3.8, 4) is 0 Å². The maximum atomic E-state index is 11.6. The topological polar surface area (TPSA) is 66.4 Å². The number of benzene rings is 1. The lowest BCUT2D eigenvalue weighted by Gasteiger charge is -2.04. The quantitative estimate of drug-likeness (QED) is 0.748. The van der Waals surface area contributed by atoms with Gasteiger partial charge in [-0.3, -0.25) is 9.59 Å². The third-order valence-electron chi connectivity index (χ3n) is 3.23. The Morgan fingerprint density at radius 2 is 1.94 bits per heavy atom. The zero-order valence-electron chi connectivity index (χ0n) is 10.1. The van der Waals surface area contributed by atoms with Crippen LogP contribution in [-0.2, 0) is 16.0 Å². The highest BCUT2D eigenvalue weighted by atomic mass is 16.4. The summed E-state index contributed by atoms with van der Waals surface area (Å²) in [6.07, 6.45) is 2.29. The predicted molar refractivity (Wildman–Crippen MR) is 67.0 cm³/mol. The zero-order chi connectivity index (χ0) is 13.0. The van der Waals surface area contributed by atoms with Crippen molar-refractivity contribution in [1.82, 2.24) is 5.32 Å². The van der Waals surface area contributed by atoms with Crippen LogP contribution in [-0.4, -0.2) is 23.5 Å². The van der Waals surface area contributed by atoms with Crippen molar-refractivity contribution >= 4 is 11.9 Å². The van der Waals surface area contributed by atoms with E-state index in [1.807, 2.05) is 18.2 Å². The summed E-state index contributed by atoms with van der Waals surface area (Å²) in [5.41, 5.74) is 1.25. The molecule has 96 valence electrons. The number of nitrogens with one attached hydrogen (secondary N) is 1. The SMILES string of the molecule is O=C(O)[C@H]1C[C@@H]1C(=O)NCCCc1ccccc1. The molecular weight excluding hydrogens is 230 g/mol. The Kier molecular flexibility index (Phi) is 3.97. The number of rotatable bonds is 6. The van der Waals surface area contributed by atoms with Crippen LogP contribution in [0.15, 0.2) is 30.3 Å². The second-order valence-electron chi connectivity index (χ2n) is 4.67. The van der Waals surface area contributed by atoms with E-state index >= 15 is 0 Å². The molecule has 1 saturated carbocycles. The summed E-state index contributed by atoms with van der Waals surface area (Å²) in [5.74, 6) is -1.74. The van der Waals surface area contributed by atoms with E-state index in [0.717, 1.165) is 12.8 Å². The van der Waals surface area contributed by atoms with Crippen LogP contribution < -0.4 is 5.32 Å². The molecule has 0 spiro atoms. The lowest BCUT2D eigenvalue weighted by molar-refractivity contribution is -0.140. The summed E-state index contributed by atoms with van der Waals surface area (Å²) in [7, 11) is 0. The molecule has 1 aromatic rings. The number of amides is 1. The lowest BCUT2D eigenvalue weighted by Crippen LogP contribution is -2.27. The van der Waals surface area contributed by atoms with E-state index in [4.69, 9.17) is 5.11 Å². The Morgan fingerprint density at radius 3 is 2.56 bits per heavy atom. The molecule has 4 nitrogen and oxygen atoms in total. The number of carbonyl (C=O) groups excluding carboxylic acids is 1. The first kappa shape index (κ1) is 12.6. The largest absolute Gasteiger partial charge is 0.481 e. The number of carbonyl (C=O) groups is 2. The zero-order valence-corrected chi connectivity index (χ0v) is 10.1. The summed E-state index contributed by atoms with van der Waals surface area (Å²) < 4.78 is 0. The molecule has 0 bridgehead atoms. The van der Waals surface area contributed by atoms with Crippen LogP contribution in [0.25, 0.3) is 0 Å². The first-order valence-electron chi connectivity index (χ1n) is 6.23. The molecule has 1 aliphatic carbocycles. The minimum Gasteiger partial charge on any atom is -0.481 e. The Balaban J connectivity index is 1.62. The van der Waals surface area contributed by atoms with Crippen LogP contribution in [0, 0.1) is 11.8 Å². The Morgan fingerprint density at radius 1 is 1.22 bits per heavy atom. The highest BCUT2D eigenvalue weighted by Gasteiger charge is 2.48. The first-order chi connectivity index (χ1) is 8.68. The summed E-state index contributed by atoms with van der Waals surface area (Å²) in [6, 6.07) is 10.1. The van der Waals surface area contributed by atoms with E-state index < -0.39 is 11.9 Å². The molecular formula is C14H17NO3. The van der Waals surface area contributed by atoms with E-state index in [2.05, 4.69) is 17.4 Å². The molecule has 0 aliphatic heterocycles. The van der Waals surface area contributed by atoms with Gasteiger partial charge >= 0.3 is 5.97 Å². The summed E-state index contributed by atoms with van der Waals surface area (Å²) in [4.78, 5) is 22.2. The lowest BCUT2D eigenvalue weighted by atomic mass is 10.1. The van der Waals surface area contributed by atoms with Crippen LogP contribution in [0.1, 0.15) is 18.4 Å². The van der Waals surface area contributed by atoms with Crippen molar-refractivity contribution in [2.45, 2.75) is 19.3 Å². The Bertz CT molecular complexity index is 430. The van der Waals surface area contributed by atoms with Crippen molar-refractivity contribution in [3.63, 3.8) is 0 Å². The van der Waals surface area contributed by atoms with E-state index in [-0.39, 0.29) is 11.8 Å². The first-order valence-corrected chi connectivity index (χ1v) is 6.23. The molecule has 0 unspecified atom stereocenters. The van der Waals surface area contributed by atoms with Crippen LogP contribution in [0.3, 0.4) is 0 Å². The van der Waals surface area contributed by atoms with Crippen molar-refractivity contribution < 1.29 is 14.7 Å². The minimum atomic E-state index is -0.862. The van der Waals surface area contributed by atoms with Crippen molar-refractivity contribution in [1.29, 1.82) is 0 Å². The number of carboxylic acid groups (broad SMARTS) is 1. The minimum absolute atomic E-state index is 0.115.